The molecule has 0 aromatic carbocycles. The molecule has 2 N–H and O–H groups in total. The second-order valence-electron chi connectivity index (χ2n) is 4.98. The first-order chi connectivity index (χ1) is 9.83. The minimum absolute atomic E-state index is 0.367. The fourth-order valence-electron chi connectivity index (χ4n) is 1.78. The Kier molecular flexibility index (Phi) is 40.2. The van der Waals surface area contributed by atoms with E-state index in [1.807, 2.05) is 0 Å². The molecule has 0 aliphatic rings. The zero-order valence-electron chi connectivity index (χ0n) is 13.7. The van der Waals surface area contributed by atoms with Crippen molar-refractivity contribution in [2.75, 3.05) is 13.2 Å². The van der Waals surface area contributed by atoms with Crippen molar-refractivity contribution >= 4 is 0 Å². The first-order valence-electron chi connectivity index (χ1n) is 8.25. The second-order valence-corrected chi connectivity index (χ2v) is 4.98. The van der Waals surface area contributed by atoms with Crippen LogP contribution >= 0.6 is 0 Å². The van der Waals surface area contributed by atoms with Crippen LogP contribution < -0.4 is 0 Å². The summed E-state index contributed by atoms with van der Waals surface area (Å²) in [6, 6.07) is 0. The molecule has 0 fully saturated rings. The van der Waals surface area contributed by atoms with Gasteiger partial charge < -0.3 is 10.2 Å². The van der Waals surface area contributed by atoms with Gasteiger partial charge in [-0.2, -0.15) is 0 Å². The van der Waals surface area contributed by atoms with Crippen LogP contribution in [0.2, 0.25) is 0 Å². The van der Waals surface area contributed by atoms with Gasteiger partial charge in [0.05, 0.1) is 0 Å². The van der Waals surface area contributed by atoms with Gasteiger partial charge in [0.15, 0.2) is 0 Å². The van der Waals surface area contributed by atoms with Crippen LogP contribution in [0.5, 0.6) is 0 Å². The van der Waals surface area contributed by atoms with Gasteiger partial charge in [-0.25, -0.2) is 0 Å². The van der Waals surface area contributed by atoms with Crippen molar-refractivity contribution in [1.82, 2.24) is 0 Å². The van der Waals surface area contributed by atoms with Gasteiger partial charge in [-0.1, -0.05) is 78.1 Å². The van der Waals surface area contributed by atoms with Crippen LogP contribution in [0.25, 0.3) is 0 Å². The van der Waals surface area contributed by atoms with Gasteiger partial charge in [-0.3, -0.25) is 0 Å². The van der Waals surface area contributed by atoms with E-state index in [-0.39, 0.29) is 0 Å². The number of rotatable bonds is 12. The van der Waals surface area contributed by atoms with E-state index in [2.05, 4.69) is 13.8 Å². The van der Waals surface area contributed by atoms with Crippen LogP contribution in [0, 0.1) is 0 Å². The summed E-state index contributed by atoms with van der Waals surface area (Å²) in [6.45, 7) is 5.16. The van der Waals surface area contributed by atoms with E-state index in [0.29, 0.717) is 13.2 Å². The van der Waals surface area contributed by atoms with Gasteiger partial charge >= 0.3 is 23.7 Å². The van der Waals surface area contributed by atoms with Crippen LogP contribution in [0.1, 0.15) is 90.9 Å². The standard InChI is InChI=1S/2C8H18O.O.Ti/c2*1-2-3-4-5-6-7-8-9;;/h2*9H,2-8H2,1H3;;. The van der Waals surface area contributed by atoms with Gasteiger partial charge in [0.25, 0.3) is 0 Å². The molecule has 0 heterocycles. The molecule has 4 heteroatoms. The Labute approximate surface area is 138 Å². The molecule has 0 rings (SSSR count). The van der Waals surface area contributed by atoms with Crippen molar-refractivity contribution < 1.29 is 33.9 Å². The normalized spacial score (nSPS) is 9.15. The molecular formula is C16H36O3Ti. The predicted molar refractivity (Wildman–Crippen MR) is 81.6 cm³/mol. The van der Waals surface area contributed by atoms with Crippen LogP contribution in [0.3, 0.4) is 0 Å². The van der Waals surface area contributed by atoms with Crippen molar-refractivity contribution in [1.29, 1.82) is 0 Å². The fourth-order valence-corrected chi connectivity index (χ4v) is 1.78. The maximum absolute atomic E-state index is 8.42. The molecule has 0 unspecified atom stereocenters. The molecule has 0 aliphatic carbocycles. The summed E-state index contributed by atoms with van der Waals surface area (Å²) in [5.41, 5.74) is 0. The Morgan fingerprint density at radius 3 is 1.05 bits per heavy atom. The third-order valence-corrected chi connectivity index (χ3v) is 3.02. The molecule has 122 valence electrons. The van der Waals surface area contributed by atoms with Gasteiger partial charge in [-0.15, -0.1) is 0 Å². The quantitative estimate of drug-likeness (QED) is 0.409. The Hall–Kier alpha value is 0.434. The van der Waals surface area contributed by atoms with E-state index >= 15 is 0 Å². The zero-order chi connectivity index (χ0) is 15.9. The average molecular weight is 324 g/mol. The summed E-state index contributed by atoms with van der Waals surface area (Å²) >= 11 is 0.750. The van der Waals surface area contributed by atoms with E-state index in [0.717, 1.165) is 33.2 Å². The molecule has 3 nitrogen and oxygen atoms in total. The minimum atomic E-state index is 0.367. The summed E-state index contributed by atoms with van der Waals surface area (Å²) in [4.78, 5) is 0. The van der Waals surface area contributed by atoms with E-state index < -0.39 is 0 Å². The summed E-state index contributed by atoms with van der Waals surface area (Å²) in [6.07, 6.45) is 15.0. The van der Waals surface area contributed by atoms with Crippen molar-refractivity contribution in [3.05, 3.63) is 0 Å². The number of aliphatic hydroxyl groups excluding tert-OH is 2. The van der Waals surface area contributed by atoms with E-state index in [9.17, 15) is 0 Å². The van der Waals surface area contributed by atoms with E-state index in [4.69, 9.17) is 13.5 Å². The monoisotopic (exact) mass is 324 g/mol. The van der Waals surface area contributed by atoms with Gasteiger partial charge in [-0.05, 0) is 12.8 Å². The van der Waals surface area contributed by atoms with Crippen LogP contribution in [-0.2, 0) is 23.7 Å². The number of hydrogen-bond acceptors (Lipinski definition) is 3. The van der Waals surface area contributed by atoms with Crippen LogP contribution in [0.4, 0.5) is 0 Å². The Morgan fingerprint density at radius 1 is 0.550 bits per heavy atom. The molecule has 0 aromatic heterocycles. The van der Waals surface area contributed by atoms with Crippen molar-refractivity contribution in [2.24, 2.45) is 0 Å². The summed E-state index contributed by atoms with van der Waals surface area (Å²) < 4.78 is 8.25. The SMILES string of the molecule is CCCCCCCCO.CCCCCCCCO.[O]=[Ti]. The van der Waals surface area contributed by atoms with Gasteiger partial charge in [0.2, 0.25) is 0 Å². The predicted octanol–water partition coefficient (Wildman–Crippen LogP) is 4.56. The number of hydrogen-bond donors (Lipinski definition) is 2. The second kappa shape index (κ2) is 31.7. The molecule has 0 aromatic rings. The summed E-state index contributed by atoms with van der Waals surface area (Å²) in [7, 11) is 0. The third-order valence-electron chi connectivity index (χ3n) is 3.02. The molecule has 0 saturated carbocycles. The van der Waals surface area contributed by atoms with Crippen molar-refractivity contribution in [3.63, 3.8) is 0 Å². The topological polar surface area (TPSA) is 57.5 Å². The first-order valence-corrected chi connectivity index (χ1v) is 8.89. The molecule has 20 heavy (non-hydrogen) atoms. The Balaban J connectivity index is -0.000000257. The Bertz CT molecular complexity index is 109. The van der Waals surface area contributed by atoms with Crippen LogP contribution in [-0.4, -0.2) is 23.4 Å². The molecule has 0 spiro atoms. The molecule has 0 atom stereocenters. The number of aliphatic hydroxyl groups is 2. The molecule has 0 radical (unpaired) electrons. The zero-order valence-corrected chi connectivity index (χ0v) is 15.3. The average Bonchev–Trinajstić information content (AvgIpc) is 2.50. The Morgan fingerprint density at radius 2 is 0.800 bits per heavy atom. The molecule has 0 aliphatic heterocycles. The fraction of sp³-hybridized carbons (Fsp3) is 1.00. The summed E-state index contributed by atoms with van der Waals surface area (Å²) in [5.74, 6) is 0. The molecule has 0 saturated heterocycles. The maximum atomic E-state index is 8.42. The van der Waals surface area contributed by atoms with Gasteiger partial charge in [0, 0.05) is 13.2 Å². The summed E-state index contributed by atoms with van der Waals surface area (Å²) in [5, 5.41) is 16.8. The van der Waals surface area contributed by atoms with Crippen molar-refractivity contribution in [2.45, 2.75) is 90.9 Å². The molecule has 0 amide bonds. The molecular weight excluding hydrogens is 288 g/mol. The van der Waals surface area contributed by atoms with Crippen LogP contribution in [0.15, 0.2) is 0 Å². The first kappa shape index (κ1) is 25.4. The van der Waals surface area contributed by atoms with E-state index in [1.54, 1.807) is 0 Å². The van der Waals surface area contributed by atoms with Crippen molar-refractivity contribution in [3.8, 4) is 0 Å². The van der Waals surface area contributed by atoms with E-state index in [1.165, 1.54) is 64.2 Å². The molecule has 0 bridgehead atoms. The van der Waals surface area contributed by atoms with Gasteiger partial charge in [0.1, 0.15) is 0 Å². The number of unbranched alkanes of at least 4 members (excludes halogenated alkanes) is 10. The third kappa shape index (κ3) is 36.2.